The van der Waals surface area contributed by atoms with Crippen LogP contribution < -0.4 is 0 Å². The van der Waals surface area contributed by atoms with Gasteiger partial charge in [-0.3, -0.25) is 9.59 Å². The molecule has 2 nitrogen and oxygen atoms in total. The van der Waals surface area contributed by atoms with E-state index in [-0.39, 0.29) is 11.6 Å². The van der Waals surface area contributed by atoms with Crippen LogP contribution >= 0.6 is 0 Å². The first kappa shape index (κ1) is 17.0. The van der Waals surface area contributed by atoms with Gasteiger partial charge in [-0.1, -0.05) is 24.8 Å². The van der Waals surface area contributed by atoms with Crippen LogP contribution in [0.2, 0.25) is 0 Å². The van der Waals surface area contributed by atoms with Crippen LogP contribution in [0.5, 0.6) is 0 Å². The summed E-state index contributed by atoms with van der Waals surface area (Å²) in [6.07, 6.45) is 7.39. The lowest BCUT2D eigenvalue weighted by molar-refractivity contribution is -0.113. The molecular weight excluding hydrogens is 236 g/mol. The molecule has 0 aliphatic heterocycles. The highest BCUT2D eigenvalue weighted by Gasteiger charge is 2.03. The normalized spacial score (nSPS) is 13.7. The van der Waals surface area contributed by atoms with Crippen molar-refractivity contribution in [3.05, 3.63) is 59.8 Å². The van der Waals surface area contributed by atoms with E-state index in [1.165, 1.54) is 13.0 Å². The third kappa shape index (κ3) is 5.96. The van der Waals surface area contributed by atoms with Gasteiger partial charge in [0.25, 0.3) is 0 Å². The largest absolute Gasteiger partial charge is 0.295 e. The minimum atomic E-state index is -0.0930. The number of hydrogen-bond acceptors (Lipinski definition) is 2. The second-order valence-electron chi connectivity index (χ2n) is 4.48. The molecule has 0 radical (unpaired) electrons. The molecule has 19 heavy (non-hydrogen) atoms. The number of hydrogen-bond donors (Lipinski definition) is 0. The molecule has 0 atom stereocenters. The SMILES string of the molecule is C=CCC(/C=C(/C)C(C)=O)=C(C)/C=C(/C)C(=O)C=C. The molecule has 0 N–H and O–H groups in total. The summed E-state index contributed by atoms with van der Waals surface area (Å²) in [5, 5.41) is 0. The Morgan fingerprint density at radius 3 is 1.95 bits per heavy atom. The van der Waals surface area contributed by atoms with E-state index in [1.807, 2.05) is 19.1 Å². The fourth-order valence-electron chi connectivity index (χ4n) is 1.50. The number of Topliss-reactive ketones (excluding diaryl/α,β-unsaturated/α-hetero) is 1. The molecule has 0 saturated heterocycles. The molecule has 0 aliphatic rings. The standard InChI is InChI=1S/C17H22O2/c1-7-9-16(11-12(3)15(6)18)13(4)10-14(5)17(19)8-2/h7-8,10-11H,1-2,9H2,3-6H3/b12-11-,14-10-,16-13-. The number of allylic oxidation sites excluding steroid dienone is 8. The molecule has 0 unspecified atom stereocenters. The topological polar surface area (TPSA) is 34.1 Å². The van der Waals surface area contributed by atoms with Gasteiger partial charge in [0.15, 0.2) is 11.6 Å². The Labute approximate surface area is 115 Å². The minimum Gasteiger partial charge on any atom is -0.295 e. The molecule has 0 spiro atoms. The molecule has 0 heterocycles. The molecule has 2 heteroatoms. The monoisotopic (exact) mass is 258 g/mol. The van der Waals surface area contributed by atoms with Crippen molar-refractivity contribution in [3.8, 4) is 0 Å². The summed E-state index contributed by atoms with van der Waals surface area (Å²) in [6.45, 7) is 14.2. The highest BCUT2D eigenvalue weighted by molar-refractivity contribution is 6.03. The van der Waals surface area contributed by atoms with Crippen LogP contribution in [0.1, 0.15) is 34.1 Å². The lowest BCUT2D eigenvalue weighted by Crippen LogP contribution is -1.96. The second kappa shape index (κ2) is 8.20. The van der Waals surface area contributed by atoms with Gasteiger partial charge in [-0.25, -0.2) is 0 Å². The van der Waals surface area contributed by atoms with E-state index in [9.17, 15) is 9.59 Å². The maximum atomic E-state index is 11.5. The molecule has 0 saturated carbocycles. The second-order valence-corrected chi connectivity index (χ2v) is 4.48. The van der Waals surface area contributed by atoms with E-state index < -0.39 is 0 Å². The van der Waals surface area contributed by atoms with Crippen LogP contribution in [-0.2, 0) is 9.59 Å². The van der Waals surface area contributed by atoms with Gasteiger partial charge in [0.05, 0.1) is 0 Å². The number of carbonyl (C=O) groups is 2. The van der Waals surface area contributed by atoms with Crippen molar-refractivity contribution in [3.63, 3.8) is 0 Å². The Hall–Kier alpha value is -1.96. The van der Waals surface area contributed by atoms with E-state index >= 15 is 0 Å². The fraction of sp³-hybridized carbons (Fsp3) is 0.294. The van der Waals surface area contributed by atoms with Crippen LogP contribution in [0.4, 0.5) is 0 Å². The number of carbonyl (C=O) groups excluding carboxylic acids is 2. The van der Waals surface area contributed by atoms with E-state index in [0.717, 1.165) is 11.1 Å². The molecule has 0 aliphatic carbocycles. The van der Waals surface area contributed by atoms with E-state index in [4.69, 9.17) is 0 Å². The Kier molecular flexibility index (Phi) is 7.35. The van der Waals surface area contributed by atoms with Crippen LogP contribution in [0.3, 0.4) is 0 Å². The van der Waals surface area contributed by atoms with Gasteiger partial charge in [-0.05, 0) is 62.5 Å². The first-order valence-corrected chi connectivity index (χ1v) is 6.18. The van der Waals surface area contributed by atoms with E-state index in [1.54, 1.807) is 19.9 Å². The van der Waals surface area contributed by atoms with Crippen molar-refractivity contribution >= 4 is 11.6 Å². The highest BCUT2D eigenvalue weighted by atomic mass is 16.1. The first-order chi connectivity index (χ1) is 8.83. The average molecular weight is 258 g/mol. The zero-order chi connectivity index (χ0) is 15.0. The summed E-state index contributed by atoms with van der Waals surface area (Å²) >= 11 is 0. The Morgan fingerprint density at radius 1 is 0.947 bits per heavy atom. The molecular formula is C17H22O2. The van der Waals surface area contributed by atoms with E-state index in [2.05, 4.69) is 13.2 Å². The molecule has 102 valence electrons. The molecule has 0 aromatic carbocycles. The Bertz CT molecular complexity index is 485. The molecule has 0 aromatic rings. The quantitative estimate of drug-likeness (QED) is 0.391. The highest BCUT2D eigenvalue weighted by Crippen LogP contribution is 2.16. The number of rotatable bonds is 7. The summed E-state index contributed by atoms with van der Waals surface area (Å²) in [5.74, 6) is -0.0539. The Balaban J connectivity index is 5.58. The zero-order valence-corrected chi connectivity index (χ0v) is 12.2. The summed E-state index contributed by atoms with van der Waals surface area (Å²) in [4.78, 5) is 22.7. The summed E-state index contributed by atoms with van der Waals surface area (Å²) in [6, 6.07) is 0. The van der Waals surface area contributed by atoms with Gasteiger partial charge in [0, 0.05) is 0 Å². The third-order valence-corrected chi connectivity index (χ3v) is 2.82. The van der Waals surface area contributed by atoms with Crippen LogP contribution in [0.15, 0.2) is 59.8 Å². The molecule has 0 rings (SSSR count). The molecule has 0 bridgehead atoms. The predicted molar refractivity (Wildman–Crippen MR) is 80.9 cm³/mol. The summed E-state index contributed by atoms with van der Waals surface area (Å²) < 4.78 is 0. The summed E-state index contributed by atoms with van der Waals surface area (Å²) in [5.41, 5.74) is 3.26. The summed E-state index contributed by atoms with van der Waals surface area (Å²) in [7, 11) is 0. The van der Waals surface area contributed by atoms with Gasteiger partial charge in [-0.2, -0.15) is 0 Å². The molecule has 0 fully saturated rings. The van der Waals surface area contributed by atoms with Gasteiger partial charge < -0.3 is 0 Å². The lowest BCUT2D eigenvalue weighted by Gasteiger charge is -2.05. The van der Waals surface area contributed by atoms with Crippen molar-refractivity contribution in [1.82, 2.24) is 0 Å². The Morgan fingerprint density at radius 2 is 1.53 bits per heavy atom. The van der Waals surface area contributed by atoms with Crippen LogP contribution in [0.25, 0.3) is 0 Å². The van der Waals surface area contributed by atoms with Crippen molar-refractivity contribution in [2.45, 2.75) is 34.1 Å². The average Bonchev–Trinajstić information content (AvgIpc) is 2.36. The maximum Gasteiger partial charge on any atom is 0.180 e. The van der Waals surface area contributed by atoms with Crippen molar-refractivity contribution < 1.29 is 9.59 Å². The predicted octanol–water partition coefficient (Wildman–Crippen LogP) is 4.12. The third-order valence-electron chi connectivity index (χ3n) is 2.82. The van der Waals surface area contributed by atoms with Gasteiger partial charge in [0.1, 0.15) is 0 Å². The van der Waals surface area contributed by atoms with E-state index in [0.29, 0.717) is 17.6 Å². The maximum absolute atomic E-state index is 11.5. The molecule has 0 aromatic heterocycles. The van der Waals surface area contributed by atoms with Gasteiger partial charge in [-0.15, -0.1) is 6.58 Å². The van der Waals surface area contributed by atoms with Gasteiger partial charge >= 0.3 is 0 Å². The van der Waals surface area contributed by atoms with Crippen LogP contribution in [0, 0.1) is 0 Å². The van der Waals surface area contributed by atoms with Crippen molar-refractivity contribution in [1.29, 1.82) is 0 Å². The van der Waals surface area contributed by atoms with Crippen molar-refractivity contribution in [2.24, 2.45) is 0 Å². The zero-order valence-electron chi connectivity index (χ0n) is 12.2. The lowest BCUT2D eigenvalue weighted by atomic mass is 9.99. The van der Waals surface area contributed by atoms with Crippen molar-refractivity contribution in [2.75, 3.05) is 0 Å². The fourth-order valence-corrected chi connectivity index (χ4v) is 1.50. The van der Waals surface area contributed by atoms with Crippen LogP contribution in [-0.4, -0.2) is 11.6 Å². The number of ketones is 2. The minimum absolute atomic E-state index is 0.0391. The smallest absolute Gasteiger partial charge is 0.180 e. The first-order valence-electron chi connectivity index (χ1n) is 6.18. The van der Waals surface area contributed by atoms with Gasteiger partial charge in [0.2, 0.25) is 0 Å². The molecule has 0 amide bonds.